The largest absolute Gasteiger partial charge is 0.459 e. The topological polar surface area (TPSA) is 45.5 Å². The van der Waals surface area contributed by atoms with Gasteiger partial charge in [-0.3, -0.25) is 9.69 Å². The fourth-order valence-electron chi connectivity index (χ4n) is 3.13. The van der Waals surface area contributed by atoms with Gasteiger partial charge >= 0.3 is 0 Å². The number of fused-ring (bicyclic) bond motifs is 1. The molecule has 26 heavy (non-hydrogen) atoms. The van der Waals surface area contributed by atoms with E-state index in [1.165, 1.54) is 10.4 Å². The zero-order valence-electron chi connectivity index (χ0n) is 14.2. The van der Waals surface area contributed by atoms with Crippen molar-refractivity contribution in [3.8, 4) is 11.3 Å². The van der Waals surface area contributed by atoms with Gasteiger partial charge in [-0.05, 0) is 59.8 Å². The van der Waals surface area contributed by atoms with E-state index in [0.717, 1.165) is 36.6 Å². The van der Waals surface area contributed by atoms with Gasteiger partial charge in [0, 0.05) is 28.6 Å². The number of amides is 1. The van der Waals surface area contributed by atoms with Gasteiger partial charge in [0.05, 0.1) is 13.1 Å². The minimum absolute atomic E-state index is 0.0214. The predicted molar refractivity (Wildman–Crippen MR) is 104 cm³/mol. The molecule has 0 atom stereocenters. The molecule has 2 aromatic heterocycles. The first-order valence-corrected chi connectivity index (χ1v) is 9.82. The fourth-order valence-corrected chi connectivity index (χ4v) is 4.14. The molecule has 1 aliphatic heterocycles. The SMILES string of the molecule is O=C(CN1CCc2sccc2C1)NCc1ccc(-c2ccc(Cl)cc2)o1. The van der Waals surface area contributed by atoms with Gasteiger partial charge in [0.2, 0.25) is 5.91 Å². The zero-order valence-corrected chi connectivity index (χ0v) is 15.8. The van der Waals surface area contributed by atoms with Crippen LogP contribution in [0.1, 0.15) is 16.2 Å². The first-order valence-electron chi connectivity index (χ1n) is 8.56. The van der Waals surface area contributed by atoms with Crippen molar-refractivity contribution in [1.29, 1.82) is 0 Å². The van der Waals surface area contributed by atoms with Gasteiger partial charge in [0.1, 0.15) is 11.5 Å². The summed E-state index contributed by atoms with van der Waals surface area (Å²) in [5.74, 6) is 1.53. The predicted octanol–water partition coefficient (Wildman–Crippen LogP) is 4.34. The number of nitrogens with one attached hydrogen (secondary N) is 1. The lowest BCUT2D eigenvalue weighted by Crippen LogP contribution is -2.39. The average molecular weight is 387 g/mol. The molecule has 0 saturated carbocycles. The highest BCUT2D eigenvalue weighted by Gasteiger charge is 2.19. The lowest BCUT2D eigenvalue weighted by atomic mass is 10.1. The zero-order chi connectivity index (χ0) is 17.9. The minimum Gasteiger partial charge on any atom is -0.459 e. The average Bonchev–Trinajstić information content (AvgIpc) is 3.29. The molecule has 1 aliphatic rings. The molecule has 0 bridgehead atoms. The normalized spacial score (nSPS) is 14.2. The van der Waals surface area contributed by atoms with Gasteiger partial charge < -0.3 is 9.73 Å². The van der Waals surface area contributed by atoms with Gasteiger partial charge in [-0.15, -0.1) is 11.3 Å². The van der Waals surface area contributed by atoms with E-state index in [1.54, 1.807) is 0 Å². The van der Waals surface area contributed by atoms with E-state index in [9.17, 15) is 4.79 Å². The minimum atomic E-state index is 0.0214. The van der Waals surface area contributed by atoms with Crippen molar-refractivity contribution in [1.82, 2.24) is 10.2 Å². The van der Waals surface area contributed by atoms with Crippen molar-refractivity contribution >= 4 is 28.8 Å². The van der Waals surface area contributed by atoms with Crippen LogP contribution < -0.4 is 5.32 Å². The Bertz CT molecular complexity index is 901. The second-order valence-electron chi connectivity index (χ2n) is 6.38. The Hall–Kier alpha value is -2.08. The maximum atomic E-state index is 12.2. The first-order chi connectivity index (χ1) is 12.7. The molecule has 0 fully saturated rings. The summed E-state index contributed by atoms with van der Waals surface area (Å²) >= 11 is 7.72. The van der Waals surface area contributed by atoms with Crippen LogP contribution in [-0.2, 0) is 24.3 Å². The number of halogens is 1. The van der Waals surface area contributed by atoms with E-state index in [-0.39, 0.29) is 5.91 Å². The van der Waals surface area contributed by atoms with Crippen LogP contribution in [0.3, 0.4) is 0 Å². The second-order valence-corrected chi connectivity index (χ2v) is 7.82. The Morgan fingerprint density at radius 1 is 1.19 bits per heavy atom. The van der Waals surface area contributed by atoms with Crippen LogP contribution in [0.5, 0.6) is 0 Å². The quantitative estimate of drug-likeness (QED) is 0.709. The fraction of sp³-hybridized carbons (Fsp3) is 0.250. The van der Waals surface area contributed by atoms with Crippen LogP contribution in [-0.4, -0.2) is 23.9 Å². The Labute approximate surface area is 161 Å². The Kier molecular flexibility index (Phi) is 5.11. The molecule has 3 aromatic rings. The first kappa shape index (κ1) is 17.3. The maximum absolute atomic E-state index is 12.2. The summed E-state index contributed by atoms with van der Waals surface area (Å²) in [6, 6.07) is 13.5. The summed E-state index contributed by atoms with van der Waals surface area (Å²) in [7, 11) is 0. The Morgan fingerprint density at radius 2 is 2.04 bits per heavy atom. The van der Waals surface area contributed by atoms with Crippen LogP contribution in [0.2, 0.25) is 5.02 Å². The molecule has 1 amide bonds. The van der Waals surface area contributed by atoms with E-state index < -0.39 is 0 Å². The molecular weight excluding hydrogens is 368 g/mol. The molecular formula is C20H19ClN2O2S. The van der Waals surface area contributed by atoms with Crippen LogP contribution in [0, 0.1) is 0 Å². The van der Waals surface area contributed by atoms with Gasteiger partial charge in [-0.1, -0.05) is 11.6 Å². The van der Waals surface area contributed by atoms with Crippen LogP contribution >= 0.6 is 22.9 Å². The summed E-state index contributed by atoms with van der Waals surface area (Å²) in [5.41, 5.74) is 2.32. The number of thiophene rings is 1. The molecule has 4 rings (SSSR count). The summed E-state index contributed by atoms with van der Waals surface area (Å²) < 4.78 is 5.82. The molecule has 4 nitrogen and oxygen atoms in total. The number of hydrogen-bond acceptors (Lipinski definition) is 4. The Balaban J connectivity index is 1.29. The van der Waals surface area contributed by atoms with E-state index in [1.807, 2.05) is 47.7 Å². The highest BCUT2D eigenvalue weighted by Crippen LogP contribution is 2.25. The molecule has 0 aliphatic carbocycles. The number of carbonyl (C=O) groups is 1. The molecule has 1 aromatic carbocycles. The summed E-state index contributed by atoms with van der Waals surface area (Å²) in [6.45, 7) is 2.60. The lowest BCUT2D eigenvalue weighted by Gasteiger charge is -2.25. The lowest BCUT2D eigenvalue weighted by molar-refractivity contribution is -0.122. The van der Waals surface area contributed by atoms with Crippen molar-refractivity contribution in [3.63, 3.8) is 0 Å². The highest BCUT2D eigenvalue weighted by atomic mass is 35.5. The van der Waals surface area contributed by atoms with Crippen molar-refractivity contribution in [2.24, 2.45) is 0 Å². The maximum Gasteiger partial charge on any atom is 0.234 e. The van der Waals surface area contributed by atoms with Crippen molar-refractivity contribution in [3.05, 3.63) is 69.1 Å². The number of hydrogen-bond donors (Lipinski definition) is 1. The van der Waals surface area contributed by atoms with Crippen molar-refractivity contribution in [2.45, 2.75) is 19.5 Å². The van der Waals surface area contributed by atoms with E-state index in [0.29, 0.717) is 18.1 Å². The van der Waals surface area contributed by atoms with Gasteiger partial charge in [0.15, 0.2) is 0 Å². The summed E-state index contributed by atoms with van der Waals surface area (Å²) in [4.78, 5) is 15.9. The van der Waals surface area contributed by atoms with E-state index in [2.05, 4.69) is 21.7 Å². The highest BCUT2D eigenvalue weighted by molar-refractivity contribution is 7.10. The van der Waals surface area contributed by atoms with Gasteiger partial charge in [-0.2, -0.15) is 0 Å². The molecule has 0 radical (unpaired) electrons. The number of furan rings is 1. The third kappa shape index (κ3) is 4.01. The standard InChI is InChI=1S/C20H19ClN2O2S/c21-16-3-1-14(2-4-16)18-6-5-17(25-18)11-22-20(24)13-23-9-7-19-15(12-23)8-10-26-19/h1-6,8,10H,7,9,11-13H2,(H,22,24). The number of rotatable bonds is 5. The van der Waals surface area contributed by atoms with E-state index in [4.69, 9.17) is 16.0 Å². The van der Waals surface area contributed by atoms with Gasteiger partial charge in [0.25, 0.3) is 0 Å². The summed E-state index contributed by atoms with van der Waals surface area (Å²) in [5, 5.41) is 5.77. The third-order valence-corrected chi connectivity index (χ3v) is 5.78. The molecule has 0 unspecified atom stereocenters. The number of benzene rings is 1. The Morgan fingerprint density at radius 3 is 2.88 bits per heavy atom. The molecule has 0 spiro atoms. The van der Waals surface area contributed by atoms with E-state index >= 15 is 0 Å². The van der Waals surface area contributed by atoms with Crippen molar-refractivity contribution in [2.75, 3.05) is 13.1 Å². The monoisotopic (exact) mass is 386 g/mol. The third-order valence-electron chi connectivity index (χ3n) is 4.50. The number of carbonyl (C=O) groups excluding carboxylic acids is 1. The second kappa shape index (κ2) is 7.66. The number of nitrogens with zero attached hydrogens (tertiary/aromatic N) is 1. The van der Waals surface area contributed by atoms with Crippen LogP contribution in [0.15, 0.2) is 52.3 Å². The van der Waals surface area contributed by atoms with Gasteiger partial charge in [-0.25, -0.2) is 0 Å². The van der Waals surface area contributed by atoms with Crippen LogP contribution in [0.25, 0.3) is 11.3 Å². The smallest absolute Gasteiger partial charge is 0.234 e. The molecule has 3 heterocycles. The van der Waals surface area contributed by atoms with Crippen LogP contribution in [0.4, 0.5) is 0 Å². The van der Waals surface area contributed by atoms with Crippen molar-refractivity contribution < 1.29 is 9.21 Å². The molecule has 0 saturated heterocycles. The molecule has 134 valence electrons. The molecule has 6 heteroatoms. The summed E-state index contributed by atoms with van der Waals surface area (Å²) in [6.07, 6.45) is 1.03. The molecule has 1 N–H and O–H groups in total.